The van der Waals surface area contributed by atoms with Gasteiger partial charge in [-0.3, -0.25) is 0 Å². The van der Waals surface area contributed by atoms with Crippen LogP contribution >= 0.6 is 11.3 Å². The lowest BCUT2D eigenvalue weighted by Crippen LogP contribution is -2.25. The van der Waals surface area contributed by atoms with Gasteiger partial charge in [-0.1, -0.05) is 32.1 Å². The molecule has 4 rings (SSSR count). The monoisotopic (exact) mass is 331 g/mol. The van der Waals surface area contributed by atoms with Crippen molar-refractivity contribution in [1.82, 2.24) is 29.4 Å². The van der Waals surface area contributed by atoms with Crippen molar-refractivity contribution in [2.24, 2.45) is 5.92 Å². The molecule has 0 radical (unpaired) electrons. The molecule has 3 aromatic heterocycles. The van der Waals surface area contributed by atoms with Crippen LogP contribution in [0.3, 0.4) is 0 Å². The number of hydrogen-bond donors (Lipinski definition) is 1. The SMILES string of the molecule is CC(C)(C)c1cn2nc(NC[C@H]3CCc4nncn4C3)sc2n1. The third-order valence-electron chi connectivity index (χ3n) is 4.28. The van der Waals surface area contributed by atoms with Gasteiger partial charge in [-0.25, -0.2) is 9.50 Å². The fraction of sp³-hybridized carbons (Fsp3) is 0.600. The summed E-state index contributed by atoms with van der Waals surface area (Å²) >= 11 is 1.61. The first kappa shape index (κ1) is 14.6. The molecule has 0 aliphatic carbocycles. The van der Waals surface area contributed by atoms with E-state index in [1.807, 2.05) is 17.0 Å². The number of imidazole rings is 1. The average molecular weight is 331 g/mol. The average Bonchev–Trinajstić information content (AvgIpc) is 3.17. The first-order valence-electron chi connectivity index (χ1n) is 7.96. The maximum atomic E-state index is 4.68. The molecular formula is C15H21N7S. The Balaban J connectivity index is 1.42. The highest BCUT2D eigenvalue weighted by Gasteiger charge is 2.21. The second kappa shape index (κ2) is 5.30. The van der Waals surface area contributed by atoms with Gasteiger partial charge in [0, 0.05) is 24.9 Å². The fourth-order valence-corrected chi connectivity index (χ4v) is 3.65. The summed E-state index contributed by atoms with van der Waals surface area (Å²) in [6.07, 6.45) is 6.00. The summed E-state index contributed by atoms with van der Waals surface area (Å²) in [4.78, 5) is 5.63. The number of fused-ring (bicyclic) bond motifs is 2. The Bertz CT molecular complexity index is 791. The van der Waals surface area contributed by atoms with Gasteiger partial charge in [0.1, 0.15) is 12.2 Å². The Hall–Kier alpha value is -1.96. The molecule has 1 N–H and O–H groups in total. The number of nitrogens with zero attached hydrogens (tertiary/aromatic N) is 6. The molecule has 122 valence electrons. The summed E-state index contributed by atoms with van der Waals surface area (Å²) in [6, 6.07) is 0. The van der Waals surface area contributed by atoms with Crippen molar-refractivity contribution < 1.29 is 0 Å². The van der Waals surface area contributed by atoms with Gasteiger partial charge < -0.3 is 9.88 Å². The topological polar surface area (TPSA) is 72.9 Å². The molecule has 3 aromatic rings. The minimum Gasteiger partial charge on any atom is -0.360 e. The molecule has 4 heterocycles. The van der Waals surface area contributed by atoms with Crippen molar-refractivity contribution >= 4 is 21.4 Å². The van der Waals surface area contributed by atoms with Gasteiger partial charge in [0.2, 0.25) is 10.1 Å². The van der Waals surface area contributed by atoms with Gasteiger partial charge >= 0.3 is 0 Å². The summed E-state index contributed by atoms with van der Waals surface area (Å²) in [5.74, 6) is 1.68. The molecule has 0 spiro atoms. The number of rotatable bonds is 3. The molecule has 23 heavy (non-hydrogen) atoms. The maximum absolute atomic E-state index is 4.68. The summed E-state index contributed by atoms with van der Waals surface area (Å²) < 4.78 is 4.03. The lowest BCUT2D eigenvalue weighted by atomic mass is 9.93. The number of anilines is 1. The summed E-state index contributed by atoms with van der Waals surface area (Å²) in [5, 5.41) is 17.1. The third kappa shape index (κ3) is 2.83. The van der Waals surface area contributed by atoms with Gasteiger partial charge in [0.05, 0.1) is 11.9 Å². The van der Waals surface area contributed by atoms with E-state index in [4.69, 9.17) is 0 Å². The molecule has 0 fully saturated rings. The minimum absolute atomic E-state index is 0.0552. The van der Waals surface area contributed by atoms with Crippen LogP contribution in [0.25, 0.3) is 4.96 Å². The third-order valence-corrected chi connectivity index (χ3v) is 5.16. The van der Waals surface area contributed by atoms with E-state index < -0.39 is 0 Å². The van der Waals surface area contributed by atoms with Crippen molar-refractivity contribution in [3.8, 4) is 0 Å². The highest BCUT2D eigenvalue weighted by atomic mass is 32.1. The number of aromatic nitrogens is 6. The van der Waals surface area contributed by atoms with E-state index in [2.05, 4.69) is 50.9 Å². The first-order chi connectivity index (χ1) is 11.0. The lowest BCUT2D eigenvalue weighted by molar-refractivity contribution is 0.381. The van der Waals surface area contributed by atoms with Crippen LogP contribution in [0.5, 0.6) is 0 Å². The summed E-state index contributed by atoms with van der Waals surface area (Å²) in [6.45, 7) is 8.40. The first-order valence-corrected chi connectivity index (χ1v) is 8.78. The lowest BCUT2D eigenvalue weighted by Gasteiger charge is -2.22. The molecule has 1 atom stereocenters. The van der Waals surface area contributed by atoms with Crippen LogP contribution in [-0.2, 0) is 18.4 Å². The predicted molar refractivity (Wildman–Crippen MR) is 89.9 cm³/mol. The predicted octanol–water partition coefficient (Wildman–Crippen LogP) is 2.35. The zero-order valence-corrected chi connectivity index (χ0v) is 14.5. The molecule has 1 aliphatic rings. The number of nitrogens with one attached hydrogen (secondary N) is 1. The Morgan fingerprint density at radius 2 is 2.26 bits per heavy atom. The molecule has 0 aromatic carbocycles. The van der Waals surface area contributed by atoms with E-state index in [0.717, 1.165) is 47.5 Å². The molecular weight excluding hydrogens is 310 g/mol. The van der Waals surface area contributed by atoms with Crippen LogP contribution in [0.2, 0.25) is 0 Å². The van der Waals surface area contributed by atoms with Crippen LogP contribution in [-0.4, -0.2) is 35.9 Å². The van der Waals surface area contributed by atoms with E-state index in [1.54, 1.807) is 11.3 Å². The second-order valence-electron chi connectivity index (χ2n) is 7.20. The highest BCUT2D eigenvalue weighted by molar-refractivity contribution is 7.20. The van der Waals surface area contributed by atoms with Crippen LogP contribution in [0.1, 0.15) is 38.7 Å². The van der Waals surface area contributed by atoms with E-state index in [9.17, 15) is 0 Å². The minimum atomic E-state index is 0.0552. The molecule has 0 amide bonds. The molecule has 1 aliphatic heterocycles. The maximum Gasteiger partial charge on any atom is 0.214 e. The van der Waals surface area contributed by atoms with Gasteiger partial charge in [0.25, 0.3) is 0 Å². The van der Waals surface area contributed by atoms with Crippen molar-refractivity contribution in [2.45, 2.75) is 45.6 Å². The van der Waals surface area contributed by atoms with E-state index >= 15 is 0 Å². The van der Waals surface area contributed by atoms with Gasteiger partial charge in [-0.15, -0.1) is 15.3 Å². The second-order valence-corrected chi connectivity index (χ2v) is 8.15. The molecule has 0 unspecified atom stereocenters. The van der Waals surface area contributed by atoms with Crippen molar-refractivity contribution in [1.29, 1.82) is 0 Å². The summed E-state index contributed by atoms with van der Waals surface area (Å²) in [7, 11) is 0. The molecule has 0 saturated carbocycles. The molecule has 7 nitrogen and oxygen atoms in total. The molecule has 0 bridgehead atoms. The van der Waals surface area contributed by atoms with Crippen LogP contribution in [0.4, 0.5) is 5.13 Å². The number of aryl methyl sites for hydroxylation is 1. The van der Waals surface area contributed by atoms with Crippen LogP contribution in [0, 0.1) is 5.92 Å². The van der Waals surface area contributed by atoms with Crippen molar-refractivity contribution in [3.05, 3.63) is 24.0 Å². The van der Waals surface area contributed by atoms with Gasteiger partial charge in [0.15, 0.2) is 0 Å². The zero-order valence-electron chi connectivity index (χ0n) is 13.7. The van der Waals surface area contributed by atoms with E-state index in [1.165, 1.54) is 0 Å². The Labute approximate surface area is 138 Å². The summed E-state index contributed by atoms with van der Waals surface area (Å²) in [5.41, 5.74) is 1.13. The van der Waals surface area contributed by atoms with Crippen LogP contribution in [0.15, 0.2) is 12.5 Å². The smallest absolute Gasteiger partial charge is 0.214 e. The zero-order chi connectivity index (χ0) is 16.0. The largest absolute Gasteiger partial charge is 0.360 e. The van der Waals surface area contributed by atoms with E-state index in [0.29, 0.717) is 5.92 Å². The normalized spacial score (nSPS) is 18.3. The Kier molecular flexibility index (Phi) is 3.37. The fourth-order valence-electron chi connectivity index (χ4n) is 2.86. The quantitative estimate of drug-likeness (QED) is 0.797. The molecule has 8 heteroatoms. The van der Waals surface area contributed by atoms with E-state index in [-0.39, 0.29) is 5.41 Å². The Morgan fingerprint density at radius 1 is 1.39 bits per heavy atom. The number of hydrogen-bond acceptors (Lipinski definition) is 6. The standard InChI is InChI=1S/C15H21N7S/c1-15(2,3)11-8-22-14(18-11)23-13(20-22)16-6-10-4-5-12-19-17-9-21(12)7-10/h8-10H,4-7H2,1-3H3,(H,16,20)/t10-/m1/s1. The molecule has 0 saturated heterocycles. The van der Waals surface area contributed by atoms with Gasteiger partial charge in [-0.2, -0.15) is 0 Å². The highest BCUT2D eigenvalue weighted by Crippen LogP contribution is 2.26. The Morgan fingerprint density at radius 3 is 3.04 bits per heavy atom. The van der Waals surface area contributed by atoms with Gasteiger partial charge in [-0.05, 0) is 12.3 Å². The van der Waals surface area contributed by atoms with Crippen molar-refractivity contribution in [2.75, 3.05) is 11.9 Å². The van der Waals surface area contributed by atoms with Crippen LogP contribution < -0.4 is 5.32 Å². The van der Waals surface area contributed by atoms with Crippen molar-refractivity contribution in [3.63, 3.8) is 0 Å².